The van der Waals surface area contributed by atoms with Gasteiger partial charge in [-0.2, -0.15) is 11.8 Å². The van der Waals surface area contributed by atoms with E-state index in [0.29, 0.717) is 5.56 Å². The number of carbonyl (C=O) groups excluding carboxylic acids is 1. The van der Waals surface area contributed by atoms with Crippen LogP contribution in [0, 0.1) is 6.92 Å². The summed E-state index contributed by atoms with van der Waals surface area (Å²) in [6, 6.07) is 3.80. The van der Waals surface area contributed by atoms with Crippen LogP contribution in [0.3, 0.4) is 0 Å². The molecule has 0 aromatic carbocycles. The minimum absolute atomic E-state index is 0.0356. The summed E-state index contributed by atoms with van der Waals surface area (Å²) >= 11 is 1.72. The van der Waals surface area contributed by atoms with Crippen LogP contribution < -0.4 is 10.6 Å². The Hall–Kier alpha value is -1.23. The van der Waals surface area contributed by atoms with Crippen LogP contribution in [0.25, 0.3) is 0 Å². The van der Waals surface area contributed by atoms with Gasteiger partial charge in [0.05, 0.1) is 0 Å². The van der Waals surface area contributed by atoms with Gasteiger partial charge >= 0.3 is 0 Å². The molecule has 1 amide bonds. The Labute approximate surface area is 119 Å². The molecule has 1 aromatic rings. The Bertz CT molecular complexity index is 423. The quantitative estimate of drug-likeness (QED) is 0.807. The molecule has 0 fully saturated rings. The van der Waals surface area contributed by atoms with Gasteiger partial charge in [-0.05, 0) is 38.7 Å². The Kier molecular flexibility index (Phi) is 6.70. The SMILES string of the molecule is CCCNc1cc(C(=O)NC(C)CSC)cc(C)n1. The summed E-state index contributed by atoms with van der Waals surface area (Å²) in [6.45, 7) is 6.87. The van der Waals surface area contributed by atoms with E-state index in [4.69, 9.17) is 0 Å². The lowest BCUT2D eigenvalue weighted by molar-refractivity contribution is 0.0943. The molecule has 0 aliphatic rings. The standard InChI is InChI=1S/C14H23N3OS/c1-5-6-15-13-8-12(7-10(2)16-13)14(18)17-11(3)9-19-4/h7-8,11H,5-6,9H2,1-4H3,(H,15,16)(H,17,18). The third kappa shape index (κ3) is 5.51. The minimum Gasteiger partial charge on any atom is -0.370 e. The largest absolute Gasteiger partial charge is 0.370 e. The maximum absolute atomic E-state index is 12.1. The fraction of sp³-hybridized carbons (Fsp3) is 0.571. The van der Waals surface area contributed by atoms with Gasteiger partial charge in [0, 0.05) is 29.6 Å². The summed E-state index contributed by atoms with van der Waals surface area (Å²) in [6.07, 6.45) is 3.06. The van der Waals surface area contributed by atoms with E-state index in [0.717, 1.165) is 30.2 Å². The number of nitrogens with one attached hydrogen (secondary N) is 2. The van der Waals surface area contributed by atoms with E-state index in [1.807, 2.05) is 32.2 Å². The van der Waals surface area contributed by atoms with Crippen LogP contribution in [0.15, 0.2) is 12.1 Å². The summed E-state index contributed by atoms with van der Waals surface area (Å²) in [4.78, 5) is 16.5. The third-order valence-corrected chi connectivity index (χ3v) is 3.40. The number of thioether (sulfide) groups is 1. The number of aryl methyl sites for hydroxylation is 1. The second-order valence-corrected chi connectivity index (χ2v) is 5.55. The highest BCUT2D eigenvalue weighted by Gasteiger charge is 2.11. The van der Waals surface area contributed by atoms with Gasteiger partial charge in [0.15, 0.2) is 0 Å². The van der Waals surface area contributed by atoms with Gasteiger partial charge in [0.1, 0.15) is 5.82 Å². The van der Waals surface area contributed by atoms with Gasteiger partial charge in [-0.3, -0.25) is 4.79 Å². The number of nitrogens with zero attached hydrogens (tertiary/aromatic N) is 1. The number of amides is 1. The molecule has 1 heterocycles. The van der Waals surface area contributed by atoms with Crippen LogP contribution in [-0.4, -0.2) is 35.5 Å². The Morgan fingerprint density at radius 2 is 2.21 bits per heavy atom. The normalized spacial score (nSPS) is 12.0. The van der Waals surface area contributed by atoms with Crippen molar-refractivity contribution < 1.29 is 4.79 Å². The Balaban J connectivity index is 2.75. The van der Waals surface area contributed by atoms with Crippen molar-refractivity contribution in [3.05, 3.63) is 23.4 Å². The molecular weight excluding hydrogens is 258 g/mol. The topological polar surface area (TPSA) is 54.0 Å². The predicted octanol–water partition coefficient (Wildman–Crippen LogP) is 2.69. The molecule has 4 nitrogen and oxygen atoms in total. The summed E-state index contributed by atoms with van der Waals surface area (Å²) < 4.78 is 0. The molecule has 1 aromatic heterocycles. The van der Waals surface area contributed by atoms with Gasteiger partial charge in [0.2, 0.25) is 0 Å². The first-order chi connectivity index (χ1) is 9.06. The highest BCUT2D eigenvalue weighted by atomic mass is 32.2. The summed E-state index contributed by atoms with van der Waals surface area (Å²) in [5, 5.41) is 6.21. The highest BCUT2D eigenvalue weighted by molar-refractivity contribution is 7.98. The van der Waals surface area contributed by atoms with E-state index in [1.54, 1.807) is 11.8 Å². The summed E-state index contributed by atoms with van der Waals surface area (Å²) in [5.74, 6) is 1.65. The molecule has 1 rings (SSSR count). The van der Waals surface area contributed by atoms with Crippen LogP contribution in [0.2, 0.25) is 0 Å². The Morgan fingerprint density at radius 1 is 1.47 bits per heavy atom. The molecule has 1 atom stereocenters. The zero-order chi connectivity index (χ0) is 14.3. The molecule has 0 aliphatic heterocycles. The lowest BCUT2D eigenvalue weighted by atomic mass is 10.2. The van der Waals surface area contributed by atoms with Crippen molar-refractivity contribution in [1.82, 2.24) is 10.3 Å². The average molecular weight is 281 g/mol. The molecular formula is C14H23N3OS. The van der Waals surface area contributed by atoms with Crippen molar-refractivity contribution in [3.8, 4) is 0 Å². The van der Waals surface area contributed by atoms with Crippen molar-refractivity contribution in [2.24, 2.45) is 0 Å². The molecule has 5 heteroatoms. The maximum Gasteiger partial charge on any atom is 0.251 e. The van der Waals surface area contributed by atoms with E-state index >= 15 is 0 Å². The van der Waals surface area contributed by atoms with Crippen molar-refractivity contribution in [2.45, 2.75) is 33.2 Å². The van der Waals surface area contributed by atoms with Crippen molar-refractivity contribution >= 4 is 23.5 Å². The lowest BCUT2D eigenvalue weighted by Gasteiger charge is -2.13. The molecule has 106 valence electrons. The molecule has 0 saturated heterocycles. The van der Waals surface area contributed by atoms with E-state index in [-0.39, 0.29) is 11.9 Å². The van der Waals surface area contributed by atoms with Gasteiger partial charge in [0.25, 0.3) is 5.91 Å². The highest BCUT2D eigenvalue weighted by Crippen LogP contribution is 2.11. The summed E-state index contributed by atoms with van der Waals surface area (Å²) in [7, 11) is 0. The molecule has 0 radical (unpaired) electrons. The van der Waals surface area contributed by atoms with E-state index in [9.17, 15) is 4.79 Å². The van der Waals surface area contributed by atoms with Crippen molar-refractivity contribution in [1.29, 1.82) is 0 Å². The van der Waals surface area contributed by atoms with E-state index in [2.05, 4.69) is 22.5 Å². The van der Waals surface area contributed by atoms with Crippen LogP contribution in [0.1, 0.15) is 36.3 Å². The first-order valence-corrected chi connectivity index (χ1v) is 7.98. The molecule has 0 bridgehead atoms. The van der Waals surface area contributed by atoms with Crippen molar-refractivity contribution in [2.75, 3.05) is 23.9 Å². The fourth-order valence-electron chi connectivity index (χ4n) is 1.74. The van der Waals surface area contributed by atoms with Crippen LogP contribution >= 0.6 is 11.8 Å². The van der Waals surface area contributed by atoms with Gasteiger partial charge in [-0.15, -0.1) is 0 Å². The zero-order valence-electron chi connectivity index (χ0n) is 12.1. The number of carbonyl (C=O) groups is 1. The summed E-state index contributed by atoms with van der Waals surface area (Å²) in [5.41, 5.74) is 1.52. The number of hydrogen-bond acceptors (Lipinski definition) is 4. The molecule has 0 spiro atoms. The number of hydrogen-bond donors (Lipinski definition) is 2. The second kappa shape index (κ2) is 8.04. The van der Waals surface area contributed by atoms with Crippen LogP contribution in [-0.2, 0) is 0 Å². The molecule has 1 unspecified atom stereocenters. The number of rotatable bonds is 7. The minimum atomic E-state index is -0.0356. The average Bonchev–Trinajstić information content (AvgIpc) is 2.36. The van der Waals surface area contributed by atoms with Crippen LogP contribution in [0.4, 0.5) is 5.82 Å². The number of anilines is 1. The smallest absolute Gasteiger partial charge is 0.251 e. The second-order valence-electron chi connectivity index (χ2n) is 4.64. The molecule has 0 saturated carbocycles. The first-order valence-electron chi connectivity index (χ1n) is 6.59. The predicted molar refractivity (Wildman–Crippen MR) is 83.1 cm³/mol. The van der Waals surface area contributed by atoms with E-state index < -0.39 is 0 Å². The number of aromatic nitrogens is 1. The number of pyridine rings is 1. The van der Waals surface area contributed by atoms with Gasteiger partial charge in [-0.1, -0.05) is 6.92 Å². The first kappa shape index (κ1) is 15.8. The van der Waals surface area contributed by atoms with Gasteiger partial charge < -0.3 is 10.6 Å². The maximum atomic E-state index is 12.1. The zero-order valence-corrected chi connectivity index (χ0v) is 12.9. The van der Waals surface area contributed by atoms with Gasteiger partial charge in [-0.25, -0.2) is 4.98 Å². The van der Waals surface area contributed by atoms with Crippen molar-refractivity contribution in [3.63, 3.8) is 0 Å². The molecule has 0 aliphatic carbocycles. The molecule has 19 heavy (non-hydrogen) atoms. The Morgan fingerprint density at radius 3 is 2.84 bits per heavy atom. The lowest BCUT2D eigenvalue weighted by Crippen LogP contribution is -2.34. The fourth-order valence-corrected chi connectivity index (χ4v) is 2.33. The third-order valence-electron chi connectivity index (χ3n) is 2.57. The van der Waals surface area contributed by atoms with E-state index in [1.165, 1.54) is 0 Å². The monoisotopic (exact) mass is 281 g/mol. The van der Waals surface area contributed by atoms with Crippen LogP contribution in [0.5, 0.6) is 0 Å². The molecule has 2 N–H and O–H groups in total.